The van der Waals surface area contributed by atoms with Crippen molar-refractivity contribution < 1.29 is 9.45 Å². The van der Waals surface area contributed by atoms with Crippen LogP contribution in [0.15, 0.2) is 34.9 Å². The molecular formula is C17H22N2O3. The minimum Gasteiger partial charge on any atom is -0.361 e. The Balaban J connectivity index is 1.84. The molecule has 0 atom stereocenters. The van der Waals surface area contributed by atoms with E-state index in [0.717, 1.165) is 29.9 Å². The van der Waals surface area contributed by atoms with Crippen molar-refractivity contribution in [2.45, 2.75) is 51.9 Å². The number of hydrogen-bond donors (Lipinski definition) is 0. The zero-order chi connectivity index (χ0) is 15.8. The van der Waals surface area contributed by atoms with Crippen LogP contribution in [0.1, 0.15) is 51.2 Å². The van der Waals surface area contributed by atoms with E-state index < -0.39 is 4.92 Å². The van der Waals surface area contributed by atoms with Crippen LogP contribution in [0.2, 0.25) is 0 Å². The molecule has 0 N–H and O–H groups in total. The van der Waals surface area contributed by atoms with Crippen LogP contribution < -0.4 is 0 Å². The van der Waals surface area contributed by atoms with Gasteiger partial charge in [0.1, 0.15) is 11.5 Å². The van der Waals surface area contributed by atoms with Crippen molar-refractivity contribution in [3.8, 4) is 11.3 Å². The molecule has 0 bridgehead atoms. The number of aryl methyl sites for hydroxylation is 1. The van der Waals surface area contributed by atoms with Crippen LogP contribution in [0.25, 0.3) is 11.3 Å². The molecule has 0 spiro atoms. The summed E-state index contributed by atoms with van der Waals surface area (Å²) >= 11 is 0. The second-order valence-corrected chi connectivity index (χ2v) is 5.50. The van der Waals surface area contributed by atoms with Crippen molar-refractivity contribution in [1.82, 2.24) is 5.16 Å². The lowest BCUT2D eigenvalue weighted by atomic mass is 10.1. The number of non-ortho nitro benzene ring substituents is 1. The van der Waals surface area contributed by atoms with E-state index in [-0.39, 0.29) is 5.69 Å². The molecule has 0 aliphatic heterocycles. The number of benzene rings is 1. The summed E-state index contributed by atoms with van der Waals surface area (Å²) in [5.41, 5.74) is 1.65. The first kappa shape index (κ1) is 16.2. The Morgan fingerprint density at radius 3 is 2.45 bits per heavy atom. The summed E-state index contributed by atoms with van der Waals surface area (Å²) in [5.74, 6) is 0.879. The van der Waals surface area contributed by atoms with Crippen LogP contribution in [0.4, 0.5) is 5.69 Å². The maximum atomic E-state index is 10.6. The van der Waals surface area contributed by atoms with E-state index in [2.05, 4.69) is 12.1 Å². The fourth-order valence-corrected chi connectivity index (χ4v) is 2.40. The van der Waals surface area contributed by atoms with E-state index in [4.69, 9.17) is 4.52 Å². The van der Waals surface area contributed by atoms with Crippen molar-refractivity contribution in [1.29, 1.82) is 0 Å². The average molecular weight is 302 g/mol. The van der Waals surface area contributed by atoms with Gasteiger partial charge in [0.05, 0.1) is 4.92 Å². The standard InChI is InChI=1S/C17H22N2O3/c1-2-3-4-5-6-7-8-16-13-17(18-22-16)14-9-11-15(12-10-14)19(20)21/h9-13H,2-8H2,1H3. The van der Waals surface area contributed by atoms with Gasteiger partial charge in [-0.1, -0.05) is 44.2 Å². The largest absolute Gasteiger partial charge is 0.361 e. The second-order valence-electron chi connectivity index (χ2n) is 5.50. The van der Waals surface area contributed by atoms with E-state index in [9.17, 15) is 10.1 Å². The Kier molecular flexibility index (Phi) is 6.13. The molecule has 0 radical (unpaired) electrons. The summed E-state index contributed by atoms with van der Waals surface area (Å²) < 4.78 is 5.34. The number of hydrogen-bond acceptors (Lipinski definition) is 4. The normalized spacial score (nSPS) is 10.8. The van der Waals surface area contributed by atoms with Gasteiger partial charge < -0.3 is 4.52 Å². The van der Waals surface area contributed by atoms with E-state index in [1.54, 1.807) is 12.1 Å². The number of nitro benzene ring substituents is 1. The highest BCUT2D eigenvalue weighted by Crippen LogP contribution is 2.23. The van der Waals surface area contributed by atoms with Gasteiger partial charge in [0.25, 0.3) is 5.69 Å². The molecule has 2 rings (SSSR count). The molecule has 0 fully saturated rings. The van der Waals surface area contributed by atoms with E-state index in [1.165, 1.54) is 44.2 Å². The van der Waals surface area contributed by atoms with Crippen LogP contribution in [0, 0.1) is 10.1 Å². The molecule has 0 saturated carbocycles. The zero-order valence-corrected chi connectivity index (χ0v) is 13.0. The highest BCUT2D eigenvalue weighted by Gasteiger charge is 2.09. The van der Waals surface area contributed by atoms with Crippen LogP contribution in [-0.4, -0.2) is 10.1 Å². The van der Waals surface area contributed by atoms with Gasteiger partial charge in [-0.2, -0.15) is 0 Å². The van der Waals surface area contributed by atoms with Crippen LogP contribution >= 0.6 is 0 Å². The Bertz CT molecular complexity index is 590. The first-order chi connectivity index (χ1) is 10.7. The molecule has 2 aromatic rings. The Morgan fingerprint density at radius 1 is 1.09 bits per heavy atom. The van der Waals surface area contributed by atoms with Crippen molar-refractivity contribution in [2.75, 3.05) is 0 Å². The summed E-state index contributed by atoms with van der Waals surface area (Å²) in [7, 11) is 0. The third kappa shape index (κ3) is 4.69. The minimum atomic E-state index is -0.406. The molecule has 1 aromatic heterocycles. The fourth-order valence-electron chi connectivity index (χ4n) is 2.40. The Labute approximate surface area is 130 Å². The average Bonchev–Trinajstić information content (AvgIpc) is 3.00. The highest BCUT2D eigenvalue weighted by molar-refractivity contribution is 5.60. The first-order valence-electron chi connectivity index (χ1n) is 7.91. The molecule has 1 heterocycles. The molecule has 0 unspecified atom stereocenters. The van der Waals surface area contributed by atoms with Gasteiger partial charge in [-0.05, 0) is 18.6 Å². The van der Waals surface area contributed by atoms with Gasteiger partial charge in [-0.15, -0.1) is 0 Å². The van der Waals surface area contributed by atoms with Crippen LogP contribution in [0.3, 0.4) is 0 Å². The van der Waals surface area contributed by atoms with E-state index >= 15 is 0 Å². The summed E-state index contributed by atoms with van der Waals surface area (Å²) in [6.45, 7) is 2.22. The molecule has 0 aliphatic rings. The number of aromatic nitrogens is 1. The van der Waals surface area contributed by atoms with Crippen molar-refractivity contribution in [3.05, 3.63) is 46.2 Å². The number of nitrogens with zero attached hydrogens (tertiary/aromatic N) is 2. The van der Waals surface area contributed by atoms with Crippen LogP contribution in [-0.2, 0) is 6.42 Å². The summed E-state index contributed by atoms with van der Waals surface area (Å²) in [4.78, 5) is 10.2. The summed E-state index contributed by atoms with van der Waals surface area (Å²) in [6, 6.07) is 8.29. The van der Waals surface area contributed by atoms with Gasteiger partial charge in [-0.3, -0.25) is 10.1 Å². The van der Waals surface area contributed by atoms with Gasteiger partial charge in [0, 0.05) is 30.2 Å². The summed E-state index contributed by atoms with van der Waals surface area (Å²) in [5, 5.41) is 14.7. The van der Waals surface area contributed by atoms with E-state index in [0.29, 0.717) is 0 Å². The summed E-state index contributed by atoms with van der Waals surface area (Å²) in [6.07, 6.45) is 8.38. The fraction of sp³-hybridized carbons (Fsp3) is 0.471. The molecule has 0 saturated heterocycles. The molecule has 0 aliphatic carbocycles. The zero-order valence-electron chi connectivity index (χ0n) is 13.0. The SMILES string of the molecule is CCCCCCCCc1cc(-c2ccc([N+](=O)[O-])cc2)no1. The molecular weight excluding hydrogens is 280 g/mol. The van der Waals surface area contributed by atoms with Gasteiger partial charge in [-0.25, -0.2) is 0 Å². The van der Waals surface area contributed by atoms with E-state index in [1.807, 2.05) is 6.07 Å². The lowest BCUT2D eigenvalue weighted by Crippen LogP contribution is -1.87. The smallest absolute Gasteiger partial charge is 0.269 e. The maximum absolute atomic E-state index is 10.6. The molecule has 5 nitrogen and oxygen atoms in total. The third-order valence-electron chi connectivity index (χ3n) is 3.71. The highest BCUT2D eigenvalue weighted by atomic mass is 16.6. The topological polar surface area (TPSA) is 69.2 Å². The molecule has 118 valence electrons. The van der Waals surface area contributed by atoms with Crippen molar-refractivity contribution in [2.24, 2.45) is 0 Å². The predicted octanol–water partition coefficient (Wildman–Crippen LogP) is 5.15. The number of unbranched alkanes of at least 4 members (excludes halogenated alkanes) is 5. The van der Waals surface area contributed by atoms with Crippen LogP contribution in [0.5, 0.6) is 0 Å². The molecule has 0 amide bonds. The minimum absolute atomic E-state index is 0.0829. The lowest BCUT2D eigenvalue weighted by molar-refractivity contribution is -0.384. The van der Waals surface area contributed by atoms with Gasteiger partial charge in [0.15, 0.2) is 0 Å². The molecule has 22 heavy (non-hydrogen) atoms. The van der Waals surface area contributed by atoms with Gasteiger partial charge in [0.2, 0.25) is 0 Å². The molecule has 5 heteroatoms. The Hall–Kier alpha value is -2.17. The third-order valence-corrected chi connectivity index (χ3v) is 3.71. The predicted molar refractivity (Wildman–Crippen MR) is 85.7 cm³/mol. The lowest BCUT2D eigenvalue weighted by Gasteiger charge is -1.98. The van der Waals surface area contributed by atoms with Crippen molar-refractivity contribution >= 4 is 5.69 Å². The maximum Gasteiger partial charge on any atom is 0.269 e. The van der Waals surface area contributed by atoms with Gasteiger partial charge >= 0.3 is 0 Å². The molecule has 1 aromatic carbocycles. The number of nitro groups is 1. The first-order valence-corrected chi connectivity index (χ1v) is 7.91. The quantitative estimate of drug-likeness (QED) is 0.365. The monoisotopic (exact) mass is 302 g/mol. The number of rotatable bonds is 9. The Morgan fingerprint density at radius 2 is 1.77 bits per heavy atom. The van der Waals surface area contributed by atoms with Crippen molar-refractivity contribution in [3.63, 3.8) is 0 Å². The second kappa shape index (κ2) is 8.32.